The van der Waals surface area contributed by atoms with E-state index >= 15 is 0 Å². The number of Topliss-reactive ketones (excluding diaryl/α,β-unsaturated/α-hetero) is 1. The number of carbonyl (C=O) groups is 2. The minimum absolute atomic E-state index is 0.0166. The highest BCUT2D eigenvalue weighted by Crippen LogP contribution is 2.20. The molecule has 1 amide bonds. The van der Waals surface area contributed by atoms with Gasteiger partial charge in [0.25, 0.3) is 0 Å². The van der Waals surface area contributed by atoms with Crippen molar-refractivity contribution in [3.8, 4) is 0 Å². The van der Waals surface area contributed by atoms with Crippen LogP contribution >= 0.6 is 0 Å². The first-order valence-electron chi connectivity index (χ1n) is 5.09. The van der Waals surface area contributed by atoms with E-state index in [1.54, 1.807) is 0 Å². The van der Waals surface area contributed by atoms with Gasteiger partial charge in [-0.25, -0.2) is 4.79 Å². The van der Waals surface area contributed by atoms with Crippen molar-refractivity contribution >= 4 is 11.9 Å². The van der Waals surface area contributed by atoms with Crippen LogP contribution < -0.4 is 5.32 Å². The summed E-state index contributed by atoms with van der Waals surface area (Å²) in [7, 11) is 1.29. The first kappa shape index (κ1) is 13.9. The van der Waals surface area contributed by atoms with Gasteiger partial charge in [-0.05, 0) is 5.92 Å². The van der Waals surface area contributed by atoms with Gasteiger partial charge in [0, 0.05) is 5.41 Å². The maximum atomic E-state index is 12.0. The zero-order valence-corrected chi connectivity index (χ0v) is 10.4. The Kier molecular flexibility index (Phi) is 4.78. The van der Waals surface area contributed by atoms with Crippen molar-refractivity contribution in [2.24, 2.45) is 11.3 Å². The lowest BCUT2D eigenvalue weighted by Gasteiger charge is -2.27. The highest BCUT2D eigenvalue weighted by Gasteiger charge is 2.32. The molecule has 0 fully saturated rings. The van der Waals surface area contributed by atoms with Gasteiger partial charge >= 0.3 is 6.09 Å². The third-order valence-corrected chi connectivity index (χ3v) is 2.15. The highest BCUT2D eigenvalue weighted by atomic mass is 16.5. The molecule has 0 saturated heterocycles. The Bertz CT molecular complexity index is 241. The van der Waals surface area contributed by atoms with Gasteiger partial charge in [0.05, 0.1) is 13.2 Å². The number of carbonyl (C=O) groups excluding carboxylic acids is 2. The number of hydrogen-bond acceptors (Lipinski definition) is 3. The Balaban J connectivity index is 4.68. The molecule has 88 valence electrons. The largest absolute Gasteiger partial charge is 0.453 e. The molecule has 0 saturated carbocycles. The third-order valence-electron chi connectivity index (χ3n) is 2.15. The molecule has 4 heteroatoms. The molecule has 0 aliphatic carbocycles. The Morgan fingerprint density at radius 2 is 1.67 bits per heavy atom. The summed E-state index contributed by atoms with van der Waals surface area (Å²) in [4.78, 5) is 23.1. The fraction of sp³-hybridized carbons (Fsp3) is 0.818. The van der Waals surface area contributed by atoms with Crippen LogP contribution in [0.1, 0.15) is 34.6 Å². The van der Waals surface area contributed by atoms with Crippen LogP contribution in [0, 0.1) is 11.3 Å². The van der Waals surface area contributed by atoms with Crippen molar-refractivity contribution in [2.75, 3.05) is 7.11 Å². The molecule has 0 aromatic carbocycles. The number of ether oxygens (including phenoxy) is 1. The van der Waals surface area contributed by atoms with Gasteiger partial charge < -0.3 is 10.1 Å². The summed E-state index contributed by atoms with van der Waals surface area (Å²) < 4.78 is 4.49. The molecule has 4 nitrogen and oxygen atoms in total. The van der Waals surface area contributed by atoms with Crippen molar-refractivity contribution in [2.45, 2.75) is 40.7 Å². The Hall–Kier alpha value is -1.06. The number of hydrogen-bond donors (Lipinski definition) is 1. The second-order valence-electron chi connectivity index (χ2n) is 4.97. The molecule has 0 aliphatic heterocycles. The lowest BCUT2D eigenvalue weighted by molar-refractivity contribution is -0.129. The van der Waals surface area contributed by atoms with Gasteiger partial charge in [-0.2, -0.15) is 0 Å². The first-order valence-corrected chi connectivity index (χ1v) is 5.09. The fourth-order valence-electron chi connectivity index (χ4n) is 1.19. The molecule has 0 aromatic rings. The van der Waals surface area contributed by atoms with Gasteiger partial charge in [-0.1, -0.05) is 34.6 Å². The number of methoxy groups -OCH3 is 1. The van der Waals surface area contributed by atoms with E-state index in [1.165, 1.54) is 7.11 Å². The van der Waals surface area contributed by atoms with E-state index in [0.717, 1.165) is 0 Å². The molecule has 0 rings (SSSR count). The molecule has 0 radical (unpaired) electrons. The van der Waals surface area contributed by atoms with Crippen LogP contribution in [0.2, 0.25) is 0 Å². The quantitative estimate of drug-likeness (QED) is 0.783. The molecule has 1 atom stereocenters. The molecule has 15 heavy (non-hydrogen) atoms. The topological polar surface area (TPSA) is 55.4 Å². The molecule has 0 aromatic heterocycles. The van der Waals surface area contributed by atoms with E-state index in [1.807, 2.05) is 34.6 Å². The molecular formula is C11H21NO3. The van der Waals surface area contributed by atoms with Gasteiger partial charge in [0.2, 0.25) is 0 Å². The summed E-state index contributed by atoms with van der Waals surface area (Å²) in [6.45, 7) is 9.30. The van der Waals surface area contributed by atoms with Crippen LogP contribution in [0.15, 0.2) is 0 Å². The molecule has 0 spiro atoms. The summed E-state index contributed by atoms with van der Waals surface area (Å²) in [5.41, 5.74) is -0.462. The predicted molar refractivity (Wildman–Crippen MR) is 58.6 cm³/mol. The van der Waals surface area contributed by atoms with Crippen LogP contribution in [0.3, 0.4) is 0 Å². The van der Waals surface area contributed by atoms with Crippen molar-refractivity contribution in [1.82, 2.24) is 5.32 Å². The zero-order valence-electron chi connectivity index (χ0n) is 10.4. The molecule has 0 heterocycles. The maximum absolute atomic E-state index is 12.0. The van der Waals surface area contributed by atoms with Crippen LogP contribution in [0.4, 0.5) is 4.79 Å². The lowest BCUT2D eigenvalue weighted by Crippen LogP contribution is -2.48. The van der Waals surface area contributed by atoms with Crippen molar-refractivity contribution in [1.29, 1.82) is 0 Å². The Morgan fingerprint density at radius 1 is 1.20 bits per heavy atom. The molecule has 1 N–H and O–H groups in total. The van der Waals surface area contributed by atoms with Crippen LogP contribution in [0.5, 0.6) is 0 Å². The minimum Gasteiger partial charge on any atom is -0.453 e. The number of alkyl carbamates (subject to hydrolysis) is 1. The predicted octanol–water partition coefficient (Wildman–Crippen LogP) is 1.98. The monoisotopic (exact) mass is 215 g/mol. The number of nitrogens with one attached hydrogen (secondary N) is 1. The molecular weight excluding hydrogens is 194 g/mol. The lowest BCUT2D eigenvalue weighted by atomic mass is 9.82. The van der Waals surface area contributed by atoms with Crippen molar-refractivity contribution < 1.29 is 14.3 Å². The summed E-state index contributed by atoms with van der Waals surface area (Å²) in [6.07, 6.45) is -0.564. The third kappa shape index (κ3) is 4.32. The summed E-state index contributed by atoms with van der Waals surface area (Å²) in [6, 6.07) is -0.488. The SMILES string of the molecule is COC(=O)N[C@H](C(=O)C(C)(C)C)C(C)C. The Labute approximate surface area is 91.4 Å². The van der Waals surface area contributed by atoms with Gasteiger partial charge in [0.1, 0.15) is 0 Å². The summed E-state index contributed by atoms with van der Waals surface area (Å²) >= 11 is 0. The van der Waals surface area contributed by atoms with E-state index in [-0.39, 0.29) is 11.7 Å². The molecule has 0 unspecified atom stereocenters. The summed E-state index contributed by atoms with van der Waals surface area (Å²) in [5, 5.41) is 2.56. The van der Waals surface area contributed by atoms with E-state index < -0.39 is 17.6 Å². The Morgan fingerprint density at radius 3 is 1.93 bits per heavy atom. The highest BCUT2D eigenvalue weighted by molar-refractivity contribution is 5.91. The molecule has 0 bridgehead atoms. The van der Waals surface area contributed by atoms with Crippen LogP contribution in [0.25, 0.3) is 0 Å². The number of ketones is 1. The smallest absolute Gasteiger partial charge is 0.407 e. The maximum Gasteiger partial charge on any atom is 0.407 e. The van der Waals surface area contributed by atoms with Gasteiger partial charge in [-0.3, -0.25) is 4.79 Å². The summed E-state index contributed by atoms with van der Waals surface area (Å²) in [5.74, 6) is 0.0683. The zero-order chi connectivity index (χ0) is 12.2. The average Bonchev–Trinajstić information content (AvgIpc) is 2.10. The van der Waals surface area contributed by atoms with E-state index in [9.17, 15) is 9.59 Å². The van der Waals surface area contributed by atoms with Crippen LogP contribution in [-0.2, 0) is 9.53 Å². The average molecular weight is 215 g/mol. The van der Waals surface area contributed by atoms with Crippen LogP contribution in [-0.4, -0.2) is 25.0 Å². The number of amides is 1. The van der Waals surface area contributed by atoms with E-state index in [2.05, 4.69) is 10.1 Å². The van der Waals surface area contributed by atoms with E-state index in [0.29, 0.717) is 0 Å². The van der Waals surface area contributed by atoms with E-state index in [4.69, 9.17) is 0 Å². The van der Waals surface area contributed by atoms with Gasteiger partial charge in [0.15, 0.2) is 5.78 Å². The van der Waals surface area contributed by atoms with Crippen molar-refractivity contribution in [3.63, 3.8) is 0 Å². The normalized spacial score (nSPS) is 13.5. The standard InChI is InChI=1S/C11H21NO3/c1-7(2)8(12-10(14)15-6)9(13)11(3,4)5/h7-8H,1-6H3,(H,12,14)/t8-/m0/s1. The van der Waals surface area contributed by atoms with Crippen molar-refractivity contribution in [3.05, 3.63) is 0 Å². The first-order chi connectivity index (χ1) is 6.70. The minimum atomic E-state index is -0.564. The second kappa shape index (κ2) is 5.14. The second-order valence-corrected chi connectivity index (χ2v) is 4.97. The van der Waals surface area contributed by atoms with Gasteiger partial charge in [-0.15, -0.1) is 0 Å². The number of rotatable bonds is 3. The fourth-order valence-corrected chi connectivity index (χ4v) is 1.19. The molecule has 0 aliphatic rings.